The van der Waals surface area contributed by atoms with Crippen LogP contribution >= 0.6 is 0 Å². The van der Waals surface area contributed by atoms with Gasteiger partial charge in [0, 0.05) is 21.7 Å². The number of fused-ring (bicyclic) bond motifs is 7. The summed E-state index contributed by atoms with van der Waals surface area (Å²) < 4.78 is 2.28. The number of rotatable bonds is 5. The van der Waals surface area contributed by atoms with Crippen LogP contribution in [0.5, 0.6) is 0 Å². The zero-order chi connectivity index (χ0) is 38.9. The lowest BCUT2D eigenvalue weighted by Crippen LogP contribution is -2.04. The van der Waals surface area contributed by atoms with Gasteiger partial charge < -0.3 is 0 Å². The van der Waals surface area contributed by atoms with Gasteiger partial charge in [0.2, 0.25) is 5.95 Å². The van der Waals surface area contributed by atoms with Gasteiger partial charge in [-0.1, -0.05) is 165 Å². The van der Waals surface area contributed by atoms with Gasteiger partial charge in [0.1, 0.15) is 0 Å². The third-order valence-corrected chi connectivity index (χ3v) is 12.9. The Hall–Kier alpha value is -7.10. The Kier molecular flexibility index (Phi) is 7.94. The van der Waals surface area contributed by atoms with Crippen molar-refractivity contribution in [2.75, 3.05) is 0 Å². The molecule has 0 unspecified atom stereocenters. The molecule has 9 aromatic carbocycles. The Morgan fingerprint density at radius 1 is 0.407 bits per heavy atom. The van der Waals surface area contributed by atoms with E-state index in [4.69, 9.17) is 9.97 Å². The van der Waals surface area contributed by atoms with Gasteiger partial charge in [-0.3, -0.25) is 4.57 Å². The SMILES string of the molecule is c1cc(-c2nc(-n3c4cc5ccccc5cc4c4cc5ccccc5cc43)nc3ccccc23)cc(-c2cccc3cccc(-c4ccc(C5CCCCC5)cc4)c23)c1. The second kappa shape index (κ2) is 13.8. The molecule has 280 valence electrons. The summed E-state index contributed by atoms with van der Waals surface area (Å²) in [6.07, 6.45) is 6.69. The van der Waals surface area contributed by atoms with Gasteiger partial charge in [0.15, 0.2) is 0 Å². The van der Waals surface area contributed by atoms with Gasteiger partial charge in [-0.25, -0.2) is 9.97 Å². The van der Waals surface area contributed by atoms with E-state index in [9.17, 15) is 0 Å². The monoisotopic (exact) mass is 755 g/mol. The molecule has 0 bridgehead atoms. The Balaban J connectivity index is 1.04. The van der Waals surface area contributed by atoms with E-state index in [1.54, 1.807) is 0 Å². The summed E-state index contributed by atoms with van der Waals surface area (Å²) in [5.41, 5.74) is 11.5. The van der Waals surface area contributed by atoms with E-state index in [2.05, 4.69) is 187 Å². The quantitative estimate of drug-likeness (QED) is 0.175. The van der Waals surface area contributed by atoms with Crippen LogP contribution in [0.2, 0.25) is 0 Å². The normalized spacial score (nSPS) is 13.7. The van der Waals surface area contributed by atoms with Crippen molar-refractivity contribution in [1.29, 1.82) is 0 Å². The van der Waals surface area contributed by atoms with Crippen molar-refractivity contribution in [2.45, 2.75) is 38.0 Å². The first-order valence-electron chi connectivity index (χ1n) is 21.1. The summed E-state index contributed by atoms with van der Waals surface area (Å²) in [5.74, 6) is 1.36. The fraction of sp³-hybridized carbons (Fsp3) is 0.107. The number of hydrogen-bond donors (Lipinski definition) is 0. The smallest absolute Gasteiger partial charge is 0.235 e. The zero-order valence-corrected chi connectivity index (χ0v) is 32.8. The predicted molar refractivity (Wildman–Crippen MR) is 249 cm³/mol. The van der Waals surface area contributed by atoms with E-state index in [0.717, 1.165) is 33.2 Å². The van der Waals surface area contributed by atoms with Gasteiger partial charge in [-0.2, -0.15) is 0 Å². The molecule has 1 aliphatic carbocycles. The molecule has 0 radical (unpaired) electrons. The highest BCUT2D eigenvalue weighted by molar-refractivity contribution is 6.16. The average Bonchev–Trinajstić information content (AvgIpc) is 3.61. The Labute approximate surface area is 343 Å². The molecule has 2 heterocycles. The summed E-state index contributed by atoms with van der Waals surface area (Å²) in [6, 6.07) is 66.8. The molecule has 1 saturated carbocycles. The number of nitrogens with zero attached hydrogens (tertiary/aromatic N) is 3. The summed E-state index contributed by atoms with van der Waals surface area (Å²) in [7, 11) is 0. The third-order valence-electron chi connectivity index (χ3n) is 12.9. The summed E-state index contributed by atoms with van der Waals surface area (Å²) in [6.45, 7) is 0. The minimum Gasteiger partial charge on any atom is -0.278 e. The second-order valence-electron chi connectivity index (χ2n) is 16.4. The maximum Gasteiger partial charge on any atom is 0.235 e. The van der Waals surface area contributed by atoms with E-state index in [1.165, 1.54) is 103 Å². The highest BCUT2D eigenvalue weighted by atomic mass is 15.2. The van der Waals surface area contributed by atoms with Crippen molar-refractivity contribution in [2.24, 2.45) is 0 Å². The predicted octanol–water partition coefficient (Wildman–Crippen LogP) is 15.2. The first-order valence-corrected chi connectivity index (χ1v) is 21.1. The van der Waals surface area contributed by atoms with Crippen LogP contribution in [0.25, 0.3) is 104 Å². The number of para-hydroxylation sites is 1. The lowest BCUT2D eigenvalue weighted by atomic mass is 9.83. The average molecular weight is 756 g/mol. The van der Waals surface area contributed by atoms with Crippen LogP contribution in [0.3, 0.4) is 0 Å². The summed E-state index contributed by atoms with van der Waals surface area (Å²) in [4.78, 5) is 10.9. The molecule has 0 amide bonds. The zero-order valence-electron chi connectivity index (χ0n) is 32.8. The van der Waals surface area contributed by atoms with Gasteiger partial charge in [0.05, 0.1) is 22.2 Å². The molecule has 0 N–H and O–H groups in total. The van der Waals surface area contributed by atoms with Crippen molar-refractivity contribution < 1.29 is 0 Å². The Morgan fingerprint density at radius 2 is 0.966 bits per heavy atom. The third kappa shape index (κ3) is 5.72. The van der Waals surface area contributed by atoms with Crippen molar-refractivity contribution in [3.05, 3.63) is 188 Å². The molecule has 11 aromatic rings. The summed E-state index contributed by atoms with van der Waals surface area (Å²) >= 11 is 0. The number of hydrogen-bond acceptors (Lipinski definition) is 2. The van der Waals surface area contributed by atoms with Crippen LogP contribution in [0.15, 0.2) is 182 Å². The largest absolute Gasteiger partial charge is 0.278 e. The van der Waals surface area contributed by atoms with Crippen LogP contribution in [-0.2, 0) is 0 Å². The molecule has 3 heteroatoms. The van der Waals surface area contributed by atoms with E-state index in [1.807, 2.05) is 0 Å². The Bertz CT molecular complexity index is 3320. The molecular weight excluding hydrogens is 715 g/mol. The molecule has 1 fully saturated rings. The molecule has 1 aliphatic rings. The van der Waals surface area contributed by atoms with Crippen LogP contribution in [-0.4, -0.2) is 14.5 Å². The van der Waals surface area contributed by atoms with Crippen LogP contribution in [0, 0.1) is 0 Å². The summed E-state index contributed by atoms with van der Waals surface area (Å²) in [5, 5.41) is 10.8. The fourth-order valence-electron chi connectivity index (χ4n) is 10.0. The highest BCUT2D eigenvalue weighted by Crippen LogP contribution is 2.41. The second-order valence-corrected chi connectivity index (χ2v) is 16.4. The van der Waals surface area contributed by atoms with E-state index in [0.29, 0.717) is 11.9 Å². The van der Waals surface area contributed by atoms with Crippen LogP contribution < -0.4 is 0 Å². The van der Waals surface area contributed by atoms with E-state index < -0.39 is 0 Å². The first kappa shape index (κ1) is 34.0. The first-order chi connectivity index (χ1) is 29.2. The molecule has 3 nitrogen and oxygen atoms in total. The highest BCUT2D eigenvalue weighted by Gasteiger charge is 2.20. The standard InChI is InChI=1S/C56H41N3/c1-2-13-36(14-3-1)37-27-29-38(30-28-37)46-24-11-19-39-20-12-25-47(54(39)46)44-21-10-22-45(31-44)55-48-23-8-9-26-51(48)57-56(58-55)59-52-34-42-17-6-4-15-40(42)32-49(52)50-33-41-16-5-7-18-43(41)35-53(50)59/h4-12,15-36H,1-3,13-14H2. The molecule has 0 spiro atoms. The number of aromatic nitrogens is 3. The molecule has 0 saturated heterocycles. The van der Waals surface area contributed by atoms with Crippen LogP contribution in [0.4, 0.5) is 0 Å². The maximum atomic E-state index is 5.53. The number of benzene rings is 9. The lowest BCUT2D eigenvalue weighted by Gasteiger charge is -2.22. The fourth-order valence-corrected chi connectivity index (χ4v) is 10.0. The van der Waals surface area contributed by atoms with Crippen molar-refractivity contribution in [1.82, 2.24) is 14.5 Å². The molecule has 0 aliphatic heterocycles. The van der Waals surface area contributed by atoms with Gasteiger partial charge in [-0.15, -0.1) is 0 Å². The minimum atomic E-state index is 0.666. The Morgan fingerprint density at radius 3 is 1.64 bits per heavy atom. The van der Waals surface area contributed by atoms with E-state index >= 15 is 0 Å². The van der Waals surface area contributed by atoms with Gasteiger partial charge in [-0.05, 0) is 115 Å². The molecule has 0 atom stereocenters. The van der Waals surface area contributed by atoms with Crippen molar-refractivity contribution in [3.63, 3.8) is 0 Å². The van der Waals surface area contributed by atoms with Crippen molar-refractivity contribution in [3.8, 4) is 39.5 Å². The molecular formula is C56H41N3. The maximum absolute atomic E-state index is 5.53. The molecule has 2 aromatic heterocycles. The molecule has 59 heavy (non-hydrogen) atoms. The topological polar surface area (TPSA) is 30.7 Å². The van der Waals surface area contributed by atoms with E-state index in [-0.39, 0.29) is 0 Å². The molecule has 12 rings (SSSR count). The van der Waals surface area contributed by atoms with Crippen LogP contribution in [0.1, 0.15) is 43.6 Å². The lowest BCUT2D eigenvalue weighted by molar-refractivity contribution is 0.443. The minimum absolute atomic E-state index is 0.666. The van der Waals surface area contributed by atoms with Gasteiger partial charge in [0.25, 0.3) is 0 Å². The van der Waals surface area contributed by atoms with Gasteiger partial charge >= 0.3 is 0 Å². The van der Waals surface area contributed by atoms with Crippen molar-refractivity contribution >= 4 is 65.0 Å².